The van der Waals surface area contributed by atoms with Gasteiger partial charge in [0, 0.05) is 29.2 Å². The molecule has 1 saturated heterocycles. The first-order valence-electron chi connectivity index (χ1n) is 10.9. The normalized spacial score (nSPS) is 15.3. The molecule has 0 atom stereocenters. The summed E-state index contributed by atoms with van der Waals surface area (Å²) in [6, 6.07) is 16.4. The maximum absolute atomic E-state index is 12.9. The first kappa shape index (κ1) is 22.9. The fourth-order valence-corrected chi connectivity index (χ4v) is 4.45. The molecule has 1 fully saturated rings. The molecule has 2 heterocycles. The largest absolute Gasteiger partial charge is 0.464 e. The average molecular weight is 463 g/mol. The van der Waals surface area contributed by atoms with Crippen molar-refractivity contribution in [1.29, 1.82) is 0 Å². The summed E-state index contributed by atoms with van der Waals surface area (Å²) in [5, 5.41) is 0.531. The Morgan fingerprint density at radius 3 is 2.55 bits per heavy atom. The molecule has 4 rings (SSSR count). The molecular weight excluding hydrogens is 436 g/mol. The molecule has 1 aliphatic heterocycles. The minimum atomic E-state index is -0.582. The van der Waals surface area contributed by atoms with E-state index in [1.807, 2.05) is 44.3 Å². The number of aryl methyl sites for hydroxylation is 1. The van der Waals surface area contributed by atoms with Gasteiger partial charge in [-0.25, -0.2) is 0 Å². The van der Waals surface area contributed by atoms with Crippen molar-refractivity contribution in [3.05, 3.63) is 76.3 Å². The van der Waals surface area contributed by atoms with Crippen molar-refractivity contribution in [3.8, 4) is 0 Å². The van der Waals surface area contributed by atoms with E-state index >= 15 is 0 Å². The molecule has 0 spiro atoms. The first-order valence-corrected chi connectivity index (χ1v) is 11.7. The van der Waals surface area contributed by atoms with Crippen LogP contribution in [0.4, 0.5) is 4.79 Å². The van der Waals surface area contributed by atoms with Gasteiger partial charge in [0.2, 0.25) is 0 Å². The number of hydrogen-bond acceptors (Lipinski definition) is 5. The molecule has 3 aromatic rings. The predicted molar refractivity (Wildman–Crippen MR) is 131 cm³/mol. The van der Waals surface area contributed by atoms with Gasteiger partial charge in [0.05, 0.1) is 11.5 Å². The highest BCUT2D eigenvalue weighted by Gasteiger charge is 2.36. The van der Waals surface area contributed by atoms with Crippen LogP contribution in [0.1, 0.15) is 30.5 Å². The Morgan fingerprint density at radius 2 is 1.82 bits per heavy atom. The summed E-state index contributed by atoms with van der Waals surface area (Å²) in [5.41, 5.74) is 4.28. The fourth-order valence-electron chi connectivity index (χ4n) is 3.62. The van der Waals surface area contributed by atoms with Crippen LogP contribution in [-0.2, 0) is 20.9 Å². The van der Waals surface area contributed by atoms with Gasteiger partial charge in [-0.2, -0.15) is 0 Å². The Labute approximate surface area is 197 Å². The number of carbonyl (C=O) groups excluding carboxylic acids is 3. The smallest absolute Gasteiger partial charge is 0.326 e. The van der Waals surface area contributed by atoms with Gasteiger partial charge in [0.15, 0.2) is 0 Å². The summed E-state index contributed by atoms with van der Waals surface area (Å²) >= 11 is 0.848. The van der Waals surface area contributed by atoms with E-state index < -0.39 is 17.1 Å². The third kappa shape index (κ3) is 5.20. The quantitative estimate of drug-likeness (QED) is 0.355. The molecule has 0 N–H and O–H groups in total. The molecule has 1 aromatic heterocycles. The summed E-state index contributed by atoms with van der Waals surface area (Å²) in [5.74, 6) is -0.871. The molecule has 2 amide bonds. The molecule has 7 heteroatoms. The third-order valence-electron chi connectivity index (χ3n) is 5.32. The summed E-state index contributed by atoms with van der Waals surface area (Å²) in [6.45, 7) is 6.48. The molecule has 0 radical (unpaired) electrons. The van der Waals surface area contributed by atoms with E-state index in [0.717, 1.165) is 33.1 Å². The highest BCUT2D eigenvalue weighted by molar-refractivity contribution is 8.18. The fraction of sp³-hybridized carbons (Fsp3) is 0.269. The van der Waals surface area contributed by atoms with Crippen molar-refractivity contribution < 1.29 is 19.1 Å². The number of esters is 1. The van der Waals surface area contributed by atoms with Crippen LogP contribution in [0.3, 0.4) is 0 Å². The van der Waals surface area contributed by atoms with Crippen LogP contribution in [0.2, 0.25) is 0 Å². The first-order chi connectivity index (χ1) is 15.8. The molecule has 1 aliphatic rings. The average Bonchev–Trinajstić information content (AvgIpc) is 3.26. The SMILES string of the molecule is Cc1ccc(Cn2cc(/C=C3\SC(=O)N(CC(=O)OCC(C)C)C3=O)c3ccccc32)cc1. The van der Waals surface area contributed by atoms with E-state index in [1.54, 1.807) is 6.08 Å². The lowest BCUT2D eigenvalue weighted by Crippen LogP contribution is -2.34. The van der Waals surface area contributed by atoms with Crippen molar-refractivity contribution >= 4 is 45.9 Å². The van der Waals surface area contributed by atoms with Crippen LogP contribution in [0.15, 0.2) is 59.6 Å². The second-order valence-corrected chi connectivity index (χ2v) is 9.55. The highest BCUT2D eigenvalue weighted by Crippen LogP contribution is 2.34. The zero-order chi connectivity index (χ0) is 23.5. The Hall–Kier alpha value is -3.32. The highest BCUT2D eigenvalue weighted by atomic mass is 32.2. The van der Waals surface area contributed by atoms with Crippen molar-refractivity contribution in [3.63, 3.8) is 0 Å². The second-order valence-electron chi connectivity index (χ2n) is 8.56. The molecule has 2 aromatic carbocycles. The van der Waals surface area contributed by atoms with Crippen molar-refractivity contribution in [2.75, 3.05) is 13.2 Å². The summed E-state index contributed by atoms with van der Waals surface area (Å²) < 4.78 is 7.26. The van der Waals surface area contributed by atoms with Gasteiger partial charge in [0.1, 0.15) is 6.54 Å². The topological polar surface area (TPSA) is 68.6 Å². The number of thioether (sulfide) groups is 1. The van der Waals surface area contributed by atoms with Crippen LogP contribution in [0, 0.1) is 12.8 Å². The number of imide groups is 1. The summed E-state index contributed by atoms with van der Waals surface area (Å²) in [4.78, 5) is 38.6. The number of nitrogens with zero attached hydrogens (tertiary/aromatic N) is 2. The number of carbonyl (C=O) groups is 3. The van der Waals surface area contributed by atoms with E-state index in [2.05, 4.69) is 35.8 Å². The monoisotopic (exact) mass is 462 g/mol. The maximum Gasteiger partial charge on any atom is 0.326 e. The van der Waals surface area contributed by atoms with E-state index in [1.165, 1.54) is 11.1 Å². The van der Waals surface area contributed by atoms with Crippen LogP contribution >= 0.6 is 11.8 Å². The molecule has 33 heavy (non-hydrogen) atoms. The van der Waals surface area contributed by atoms with Crippen molar-refractivity contribution in [2.24, 2.45) is 5.92 Å². The van der Waals surface area contributed by atoms with Gasteiger partial charge in [-0.1, -0.05) is 61.9 Å². The number of para-hydroxylation sites is 1. The summed E-state index contributed by atoms with van der Waals surface area (Å²) in [7, 11) is 0. The maximum atomic E-state index is 12.9. The van der Waals surface area contributed by atoms with Crippen LogP contribution in [0.25, 0.3) is 17.0 Å². The Balaban J connectivity index is 1.58. The predicted octanol–water partition coefficient (Wildman–Crippen LogP) is 5.23. The molecule has 0 saturated carbocycles. The third-order valence-corrected chi connectivity index (χ3v) is 6.23. The number of ether oxygens (including phenoxy) is 1. The standard InChI is InChI=1S/C26H26N2O4S/c1-17(2)16-32-24(29)15-28-25(30)23(33-26(28)31)12-20-14-27(22-7-5-4-6-21(20)22)13-19-10-8-18(3)9-11-19/h4-12,14,17H,13,15-16H2,1-3H3/b23-12-. The Bertz CT molecular complexity index is 1240. The molecular formula is C26H26N2O4S. The number of hydrogen-bond donors (Lipinski definition) is 0. The zero-order valence-corrected chi connectivity index (χ0v) is 19.7. The number of amides is 2. The number of aromatic nitrogens is 1. The van der Waals surface area contributed by atoms with E-state index in [0.29, 0.717) is 11.4 Å². The molecule has 6 nitrogen and oxygen atoms in total. The minimum absolute atomic E-state index is 0.181. The molecule has 0 bridgehead atoms. The summed E-state index contributed by atoms with van der Waals surface area (Å²) in [6.07, 6.45) is 3.73. The van der Waals surface area contributed by atoms with Crippen LogP contribution in [0.5, 0.6) is 0 Å². The van der Waals surface area contributed by atoms with Crippen molar-refractivity contribution in [1.82, 2.24) is 9.47 Å². The Morgan fingerprint density at radius 1 is 1.09 bits per heavy atom. The van der Waals surface area contributed by atoms with E-state index in [-0.39, 0.29) is 19.1 Å². The Kier molecular flexibility index (Phi) is 6.70. The number of benzene rings is 2. The van der Waals surface area contributed by atoms with Gasteiger partial charge in [0.25, 0.3) is 11.1 Å². The van der Waals surface area contributed by atoms with E-state index in [4.69, 9.17) is 4.74 Å². The molecule has 0 unspecified atom stereocenters. The van der Waals surface area contributed by atoms with E-state index in [9.17, 15) is 14.4 Å². The lowest BCUT2D eigenvalue weighted by Gasteiger charge is -2.12. The van der Waals surface area contributed by atoms with Gasteiger partial charge >= 0.3 is 5.97 Å². The zero-order valence-electron chi connectivity index (χ0n) is 18.9. The van der Waals surface area contributed by atoms with Gasteiger partial charge in [-0.05, 0) is 42.3 Å². The van der Waals surface area contributed by atoms with Crippen LogP contribution in [-0.4, -0.2) is 39.7 Å². The van der Waals surface area contributed by atoms with Gasteiger partial charge in [-0.3, -0.25) is 19.3 Å². The second kappa shape index (κ2) is 9.67. The molecule has 170 valence electrons. The van der Waals surface area contributed by atoms with Crippen molar-refractivity contribution in [2.45, 2.75) is 27.3 Å². The number of fused-ring (bicyclic) bond motifs is 1. The number of rotatable bonds is 7. The van der Waals surface area contributed by atoms with Gasteiger partial charge in [-0.15, -0.1) is 0 Å². The van der Waals surface area contributed by atoms with Crippen LogP contribution < -0.4 is 0 Å². The lowest BCUT2D eigenvalue weighted by atomic mass is 10.1. The lowest BCUT2D eigenvalue weighted by molar-refractivity contribution is -0.147. The molecule has 0 aliphatic carbocycles. The minimum Gasteiger partial charge on any atom is -0.464 e. The van der Waals surface area contributed by atoms with Gasteiger partial charge < -0.3 is 9.30 Å².